The molecule has 2 fully saturated rings. The summed E-state index contributed by atoms with van der Waals surface area (Å²) in [6, 6.07) is 0. The number of nitrogens with zero attached hydrogens (tertiary/aromatic N) is 2. The van der Waals surface area contributed by atoms with Crippen LogP contribution in [0.15, 0.2) is 0 Å². The summed E-state index contributed by atoms with van der Waals surface area (Å²) in [6.07, 6.45) is 7.53. The summed E-state index contributed by atoms with van der Waals surface area (Å²) in [5.41, 5.74) is -0.0281. The summed E-state index contributed by atoms with van der Waals surface area (Å²) in [5.74, 6) is 0.484. The Morgan fingerprint density at radius 2 is 1.78 bits per heavy atom. The first-order valence-electron chi connectivity index (χ1n) is 8.81. The Morgan fingerprint density at radius 3 is 2.30 bits per heavy atom. The molecule has 0 atom stereocenters. The van der Waals surface area contributed by atoms with E-state index in [1.807, 2.05) is 0 Å². The van der Waals surface area contributed by atoms with Crippen molar-refractivity contribution in [2.75, 3.05) is 47.4 Å². The molecule has 1 N–H and O–H groups in total. The largest absolute Gasteiger partial charge is 0.384 e. The lowest BCUT2D eigenvalue weighted by Gasteiger charge is -2.43. The maximum atomic E-state index is 12.6. The number of likely N-dealkylation sites (N-methyl/N-ethyl adjacent to an activating group) is 1. The van der Waals surface area contributed by atoms with Crippen LogP contribution in [0.2, 0.25) is 0 Å². The molecule has 7 heteroatoms. The molecule has 0 spiro atoms. The van der Waals surface area contributed by atoms with Crippen LogP contribution in [-0.2, 0) is 14.9 Å². The van der Waals surface area contributed by atoms with Crippen LogP contribution >= 0.6 is 0 Å². The lowest BCUT2D eigenvalue weighted by molar-refractivity contribution is 0.103. The minimum Gasteiger partial charge on any atom is -0.384 e. The zero-order chi connectivity index (χ0) is 16.9. The second-order valence-corrected chi connectivity index (χ2v) is 9.06. The van der Waals surface area contributed by atoms with E-state index in [9.17, 15) is 8.42 Å². The van der Waals surface area contributed by atoms with Gasteiger partial charge >= 0.3 is 0 Å². The van der Waals surface area contributed by atoms with E-state index in [1.165, 1.54) is 19.3 Å². The van der Waals surface area contributed by atoms with Crippen molar-refractivity contribution in [1.82, 2.24) is 13.9 Å². The highest BCUT2D eigenvalue weighted by Gasteiger charge is 2.36. The maximum Gasteiger partial charge on any atom is 0.279 e. The molecular formula is C16H33N3O3S. The normalized spacial score (nSPS) is 24.2. The molecule has 0 amide bonds. The Morgan fingerprint density at radius 1 is 1.17 bits per heavy atom. The number of methoxy groups -OCH3 is 1. The molecular weight excluding hydrogens is 314 g/mol. The van der Waals surface area contributed by atoms with Crippen molar-refractivity contribution in [1.29, 1.82) is 0 Å². The predicted molar refractivity (Wildman–Crippen MR) is 92.6 cm³/mol. The summed E-state index contributed by atoms with van der Waals surface area (Å²) in [6.45, 7) is 2.43. The lowest BCUT2D eigenvalue weighted by Crippen LogP contribution is -2.56. The van der Waals surface area contributed by atoms with Crippen LogP contribution in [0.5, 0.6) is 0 Å². The van der Waals surface area contributed by atoms with Crippen molar-refractivity contribution in [3.05, 3.63) is 0 Å². The minimum absolute atomic E-state index is 0.0281. The molecule has 0 unspecified atom stereocenters. The predicted octanol–water partition coefficient (Wildman–Crippen LogP) is 1.44. The Kier molecular flexibility index (Phi) is 6.86. The molecule has 0 bridgehead atoms. The van der Waals surface area contributed by atoms with Gasteiger partial charge in [-0.2, -0.15) is 12.7 Å². The van der Waals surface area contributed by atoms with Gasteiger partial charge in [0.15, 0.2) is 0 Å². The first-order chi connectivity index (χ1) is 10.9. The van der Waals surface area contributed by atoms with Gasteiger partial charge in [0.2, 0.25) is 0 Å². The van der Waals surface area contributed by atoms with Gasteiger partial charge in [0.05, 0.1) is 0 Å². The molecule has 1 aliphatic carbocycles. The van der Waals surface area contributed by atoms with Crippen molar-refractivity contribution in [3.63, 3.8) is 0 Å². The smallest absolute Gasteiger partial charge is 0.279 e. The van der Waals surface area contributed by atoms with Gasteiger partial charge in [-0.15, -0.1) is 0 Å². The Bertz CT molecular complexity index is 453. The number of hydrogen-bond acceptors (Lipinski definition) is 4. The monoisotopic (exact) mass is 347 g/mol. The minimum atomic E-state index is -3.38. The van der Waals surface area contributed by atoms with Gasteiger partial charge in [-0.05, 0) is 45.7 Å². The third kappa shape index (κ3) is 4.89. The van der Waals surface area contributed by atoms with Gasteiger partial charge in [0, 0.05) is 38.9 Å². The van der Waals surface area contributed by atoms with E-state index in [1.54, 1.807) is 11.4 Å². The Balaban J connectivity index is 1.90. The van der Waals surface area contributed by atoms with Gasteiger partial charge < -0.3 is 9.64 Å². The van der Waals surface area contributed by atoms with Crippen molar-refractivity contribution in [2.45, 2.75) is 50.5 Å². The molecule has 1 aliphatic heterocycles. The van der Waals surface area contributed by atoms with Crippen LogP contribution in [0, 0.1) is 5.92 Å². The van der Waals surface area contributed by atoms with Gasteiger partial charge in [-0.3, -0.25) is 0 Å². The number of piperidine rings is 1. The molecule has 0 aromatic carbocycles. The highest BCUT2D eigenvalue weighted by atomic mass is 32.2. The maximum absolute atomic E-state index is 12.6. The topological polar surface area (TPSA) is 61.9 Å². The number of nitrogens with one attached hydrogen (secondary N) is 1. The molecule has 2 rings (SSSR count). The van der Waals surface area contributed by atoms with Crippen LogP contribution in [0.25, 0.3) is 0 Å². The van der Waals surface area contributed by atoms with Crippen LogP contribution in [0.1, 0.15) is 44.9 Å². The van der Waals surface area contributed by atoms with E-state index in [2.05, 4.69) is 23.7 Å². The first kappa shape index (κ1) is 19.1. The van der Waals surface area contributed by atoms with Crippen molar-refractivity contribution < 1.29 is 13.2 Å². The fourth-order valence-corrected chi connectivity index (χ4v) is 5.19. The standard InChI is InChI=1S/C16H33N3O3S/c1-18(2)16(9-5-4-6-10-16)14-17-23(20,21)19-11-7-15(8-12-19)13-22-3/h15,17H,4-14H2,1-3H3. The average Bonchev–Trinajstić information content (AvgIpc) is 2.55. The fraction of sp³-hybridized carbons (Fsp3) is 1.00. The summed E-state index contributed by atoms with van der Waals surface area (Å²) in [7, 11) is 2.46. The summed E-state index contributed by atoms with van der Waals surface area (Å²) >= 11 is 0. The van der Waals surface area contributed by atoms with E-state index in [4.69, 9.17) is 4.74 Å². The molecule has 1 heterocycles. The third-order valence-electron chi connectivity index (χ3n) is 5.63. The molecule has 2 aliphatic rings. The van der Waals surface area contributed by atoms with Crippen molar-refractivity contribution in [3.8, 4) is 0 Å². The number of ether oxygens (including phenoxy) is 1. The van der Waals surface area contributed by atoms with Gasteiger partial charge in [0.1, 0.15) is 0 Å². The molecule has 0 aromatic rings. The van der Waals surface area contributed by atoms with Gasteiger partial charge in [0.25, 0.3) is 10.2 Å². The Labute approximate surface area is 141 Å². The second-order valence-electron chi connectivity index (χ2n) is 7.30. The third-order valence-corrected chi connectivity index (χ3v) is 7.19. The van der Waals surface area contributed by atoms with Gasteiger partial charge in [-0.1, -0.05) is 19.3 Å². The van der Waals surface area contributed by atoms with Crippen LogP contribution < -0.4 is 4.72 Å². The SMILES string of the molecule is COCC1CCN(S(=O)(=O)NCC2(N(C)C)CCCCC2)CC1. The van der Waals surface area contributed by atoms with Crippen LogP contribution in [0.3, 0.4) is 0 Å². The number of rotatable bonds is 7. The zero-order valence-corrected chi connectivity index (χ0v) is 15.7. The van der Waals surface area contributed by atoms with E-state index in [0.717, 1.165) is 32.3 Å². The average molecular weight is 348 g/mol. The molecule has 1 saturated heterocycles. The molecule has 23 heavy (non-hydrogen) atoms. The number of hydrogen-bond donors (Lipinski definition) is 1. The molecule has 0 aromatic heterocycles. The molecule has 6 nitrogen and oxygen atoms in total. The summed E-state index contributed by atoms with van der Waals surface area (Å²) in [5, 5.41) is 0. The second kappa shape index (κ2) is 8.25. The molecule has 136 valence electrons. The highest BCUT2D eigenvalue weighted by Crippen LogP contribution is 2.32. The van der Waals surface area contributed by atoms with Crippen molar-refractivity contribution in [2.24, 2.45) is 5.92 Å². The molecule has 0 radical (unpaired) electrons. The van der Waals surface area contributed by atoms with Crippen LogP contribution in [0.4, 0.5) is 0 Å². The lowest BCUT2D eigenvalue weighted by atomic mass is 9.81. The van der Waals surface area contributed by atoms with E-state index < -0.39 is 10.2 Å². The highest BCUT2D eigenvalue weighted by molar-refractivity contribution is 7.87. The van der Waals surface area contributed by atoms with Crippen LogP contribution in [-0.4, -0.2) is 70.6 Å². The quantitative estimate of drug-likeness (QED) is 0.757. The van der Waals surface area contributed by atoms with Crippen molar-refractivity contribution >= 4 is 10.2 Å². The van der Waals surface area contributed by atoms with E-state index in [0.29, 0.717) is 25.6 Å². The van der Waals surface area contributed by atoms with E-state index >= 15 is 0 Å². The first-order valence-corrected chi connectivity index (χ1v) is 10.2. The fourth-order valence-electron chi connectivity index (χ4n) is 3.86. The zero-order valence-electron chi connectivity index (χ0n) is 14.9. The Hall–Kier alpha value is -0.210. The summed E-state index contributed by atoms with van der Waals surface area (Å²) < 4.78 is 34.9. The summed E-state index contributed by atoms with van der Waals surface area (Å²) in [4.78, 5) is 2.21. The molecule has 1 saturated carbocycles. The van der Waals surface area contributed by atoms with E-state index in [-0.39, 0.29) is 5.54 Å². The van der Waals surface area contributed by atoms with Gasteiger partial charge in [-0.25, -0.2) is 4.72 Å².